The molecule has 0 unspecified atom stereocenters. The van der Waals surface area contributed by atoms with Crippen LogP contribution in [0.3, 0.4) is 0 Å². The van der Waals surface area contributed by atoms with Crippen molar-refractivity contribution in [3.8, 4) is 0 Å². The van der Waals surface area contributed by atoms with Gasteiger partial charge in [0.25, 0.3) is 0 Å². The number of halogens is 2. The van der Waals surface area contributed by atoms with Crippen LogP contribution in [0.4, 0.5) is 0 Å². The summed E-state index contributed by atoms with van der Waals surface area (Å²) in [6.07, 6.45) is 0. The molecular weight excluding hydrogens is 361 g/mol. The Labute approximate surface area is 144 Å². The number of carbonyl (C=O) groups excluding carboxylic acids is 1. The van der Waals surface area contributed by atoms with Crippen LogP contribution in [0.2, 0.25) is 10.0 Å². The number of aromatic nitrogens is 1. The van der Waals surface area contributed by atoms with E-state index in [2.05, 4.69) is 4.98 Å². The van der Waals surface area contributed by atoms with Gasteiger partial charge in [-0.3, -0.25) is 0 Å². The van der Waals surface area contributed by atoms with E-state index >= 15 is 0 Å². The van der Waals surface area contributed by atoms with E-state index in [-0.39, 0.29) is 32.1 Å². The molecule has 23 heavy (non-hydrogen) atoms. The van der Waals surface area contributed by atoms with Crippen molar-refractivity contribution in [2.45, 2.75) is 30.6 Å². The van der Waals surface area contributed by atoms with E-state index in [1.54, 1.807) is 20.8 Å². The summed E-state index contributed by atoms with van der Waals surface area (Å²) < 4.78 is 30.7. The van der Waals surface area contributed by atoms with E-state index in [1.807, 2.05) is 0 Å². The average Bonchev–Trinajstić information content (AvgIpc) is 2.73. The highest BCUT2D eigenvalue weighted by molar-refractivity contribution is 7.91. The van der Waals surface area contributed by atoms with Gasteiger partial charge in [0.05, 0.1) is 16.4 Å². The zero-order chi connectivity index (χ0) is 17.4. The maximum atomic E-state index is 12.9. The number of esters is 1. The van der Waals surface area contributed by atoms with E-state index in [4.69, 9.17) is 27.9 Å². The Morgan fingerprint density at radius 1 is 1.17 bits per heavy atom. The van der Waals surface area contributed by atoms with Gasteiger partial charge in [0.1, 0.15) is 5.69 Å². The van der Waals surface area contributed by atoms with E-state index < -0.39 is 15.8 Å². The minimum absolute atomic E-state index is 0.0267. The van der Waals surface area contributed by atoms with Crippen LogP contribution in [0.25, 0.3) is 0 Å². The Balaban J connectivity index is 2.63. The van der Waals surface area contributed by atoms with E-state index in [0.717, 1.165) is 0 Å². The van der Waals surface area contributed by atoms with Gasteiger partial charge in [-0.15, -0.1) is 0 Å². The molecule has 0 saturated heterocycles. The molecule has 0 aliphatic rings. The van der Waals surface area contributed by atoms with Crippen LogP contribution in [-0.4, -0.2) is 26.0 Å². The first kappa shape index (κ1) is 17.8. The third-order valence-electron chi connectivity index (χ3n) is 3.26. The molecule has 8 heteroatoms. The predicted octanol–water partition coefficient (Wildman–Crippen LogP) is 3.95. The molecule has 0 bridgehead atoms. The molecule has 0 aliphatic heterocycles. The average molecular weight is 376 g/mol. The van der Waals surface area contributed by atoms with Crippen LogP contribution in [-0.2, 0) is 14.6 Å². The molecular formula is C15H15Cl2NO4S. The molecule has 0 radical (unpaired) electrons. The van der Waals surface area contributed by atoms with Crippen molar-refractivity contribution in [1.82, 2.24) is 4.98 Å². The van der Waals surface area contributed by atoms with Crippen molar-refractivity contribution < 1.29 is 17.9 Å². The number of hydrogen-bond acceptors (Lipinski definition) is 4. The lowest BCUT2D eigenvalue weighted by Crippen LogP contribution is -2.08. The molecule has 2 aromatic rings. The highest BCUT2D eigenvalue weighted by Gasteiger charge is 2.29. The summed E-state index contributed by atoms with van der Waals surface area (Å²) in [6.45, 7) is 5.00. The normalized spacial score (nSPS) is 11.5. The fourth-order valence-corrected chi connectivity index (χ4v) is 4.76. The third-order valence-corrected chi connectivity index (χ3v) is 5.71. The van der Waals surface area contributed by atoms with Crippen molar-refractivity contribution in [3.63, 3.8) is 0 Å². The number of hydrogen-bond donors (Lipinski definition) is 1. The molecule has 0 atom stereocenters. The Morgan fingerprint density at radius 2 is 1.74 bits per heavy atom. The van der Waals surface area contributed by atoms with Gasteiger partial charge in [-0.25, -0.2) is 13.2 Å². The largest absolute Gasteiger partial charge is 0.461 e. The van der Waals surface area contributed by atoms with Gasteiger partial charge in [0, 0.05) is 21.3 Å². The molecule has 1 aromatic carbocycles. The van der Waals surface area contributed by atoms with Gasteiger partial charge >= 0.3 is 5.97 Å². The maximum absolute atomic E-state index is 12.9. The SMILES string of the molecule is CCOC(=O)c1[nH]c(C)c(S(=O)(=O)c2cc(Cl)cc(Cl)c2)c1C. The summed E-state index contributed by atoms with van der Waals surface area (Å²) in [6, 6.07) is 4.08. The highest BCUT2D eigenvalue weighted by atomic mass is 35.5. The number of ether oxygens (including phenoxy) is 1. The zero-order valence-electron chi connectivity index (χ0n) is 12.7. The van der Waals surface area contributed by atoms with Gasteiger partial charge < -0.3 is 9.72 Å². The number of sulfone groups is 1. The van der Waals surface area contributed by atoms with Crippen LogP contribution in [0.5, 0.6) is 0 Å². The Morgan fingerprint density at radius 3 is 2.26 bits per heavy atom. The molecule has 0 aliphatic carbocycles. The van der Waals surface area contributed by atoms with E-state index in [0.29, 0.717) is 11.3 Å². The molecule has 0 spiro atoms. The lowest BCUT2D eigenvalue weighted by atomic mass is 10.2. The molecule has 2 rings (SSSR count). The molecule has 1 aromatic heterocycles. The summed E-state index contributed by atoms with van der Waals surface area (Å²) in [4.78, 5) is 14.7. The maximum Gasteiger partial charge on any atom is 0.355 e. The second-order valence-corrected chi connectivity index (χ2v) is 7.67. The van der Waals surface area contributed by atoms with Crippen LogP contribution >= 0.6 is 23.2 Å². The Bertz CT molecular complexity index is 852. The number of aromatic amines is 1. The highest BCUT2D eigenvalue weighted by Crippen LogP contribution is 2.32. The monoisotopic (exact) mass is 375 g/mol. The first-order valence-corrected chi connectivity index (χ1v) is 8.99. The second-order valence-electron chi connectivity index (χ2n) is 4.91. The van der Waals surface area contributed by atoms with E-state index in [1.165, 1.54) is 18.2 Å². The van der Waals surface area contributed by atoms with Gasteiger partial charge in [0.2, 0.25) is 9.84 Å². The van der Waals surface area contributed by atoms with Crippen LogP contribution < -0.4 is 0 Å². The first-order valence-electron chi connectivity index (χ1n) is 6.76. The molecule has 0 amide bonds. The molecule has 5 nitrogen and oxygen atoms in total. The van der Waals surface area contributed by atoms with Crippen molar-refractivity contribution in [3.05, 3.63) is 45.2 Å². The quantitative estimate of drug-likeness (QED) is 0.820. The first-order chi connectivity index (χ1) is 10.7. The fraction of sp³-hybridized carbons (Fsp3) is 0.267. The second kappa shape index (κ2) is 6.55. The minimum Gasteiger partial charge on any atom is -0.461 e. The number of aryl methyl sites for hydroxylation is 1. The predicted molar refractivity (Wildman–Crippen MR) is 88.1 cm³/mol. The lowest BCUT2D eigenvalue weighted by Gasteiger charge is -2.07. The van der Waals surface area contributed by atoms with Gasteiger partial charge in [-0.1, -0.05) is 23.2 Å². The molecule has 124 valence electrons. The Hall–Kier alpha value is -1.50. The van der Waals surface area contributed by atoms with Crippen molar-refractivity contribution in [1.29, 1.82) is 0 Å². The smallest absolute Gasteiger partial charge is 0.355 e. The van der Waals surface area contributed by atoms with Crippen molar-refractivity contribution >= 4 is 39.0 Å². The third kappa shape index (κ3) is 3.39. The molecule has 1 N–H and O–H groups in total. The summed E-state index contributed by atoms with van der Waals surface area (Å²) in [5.41, 5.74) is 0.773. The molecule has 0 saturated carbocycles. The standard InChI is InChI=1S/C15H15Cl2NO4S/c1-4-22-15(19)13-8(2)14(9(3)18-13)23(20,21)12-6-10(16)5-11(17)7-12/h5-7,18H,4H2,1-3H3. The summed E-state index contributed by atoms with van der Waals surface area (Å²) in [7, 11) is -3.88. The van der Waals surface area contributed by atoms with E-state index in [9.17, 15) is 13.2 Å². The van der Waals surface area contributed by atoms with Crippen LogP contribution in [0.15, 0.2) is 28.0 Å². The van der Waals surface area contributed by atoms with Crippen LogP contribution in [0.1, 0.15) is 28.7 Å². The van der Waals surface area contributed by atoms with Gasteiger partial charge in [-0.2, -0.15) is 0 Å². The number of benzene rings is 1. The molecule has 0 fully saturated rings. The number of carbonyl (C=O) groups is 1. The fourth-order valence-electron chi connectivity index (χ4n) is 2.34. The van der Waals surface area contributed by atoms with Gasteiger partial charge in [-0.05, 0) is 39.0 Å². The topological polar surface area (TPSA) is 76.2 Å². The summed E-state index contributed by atoms with van der Waals surface area (Å²) >= 11 is 11.8. The number of rotatable bonds is 4. The lowest BCUT2D eigenvalue weighted by molar-refractivity contribution is 0.0519. The Kier molecular flexibility index (Phi) is 5.08. The van der Waals surface area contributed by atoms with Crippen LogP contribution in [0, 0.1) is 13.8 Å². The molecule has 1 heterocycles. The summed E-state index contributed by atoms with van der Waals surface area (Å²) in [5.74, 6) is -0.598. The van der Waals surface area contributed by atoms with Crippen molar-refractivity contribution in [2.24, 2.45) is 0 Å². The zero-order valence-corrected chi connectivity index (χ0v) is 15.1. The van der Waals surface area contributed by atoms with Gasteiger partial charge in [0.15, 0.2) is 0 Å². The van der Waals surface area contributed by atoms with Crippen molar-refractivity contribution in [2.75, 3.05) is 6.61 Å². The summed E-state index contributed by atoms with van der Waals surface area (Å²) in [5, 5.41) is 0.431. The minimum atomic E-state index is -3.88. The number of H-pyrrole nitrogens is 1. The number of nitrogens with one attached hydrogen (secondary N) is 1.